The van der Waals surface area contributed by atoms with E-state index < -0.39 is 29.1 Å². The van der Waals surface area contributed by atoms with Gasteiger partial charge in [-0.05, 0) is 70.7 Å². The molecule has 0 saturated heterocycles. The van der Waals surface area contributed by atoms with E-state index in [-0.39, 0.29) is 18.0 Å². The van der Waals surface area contributed by atoms with Crippen LogP contribution < -0.4 is 10.6 Å². The van der Waals surface area contributed by atoms with E-state index in [1.165, 1.54) is 5.57 Å². The number of thioether (sulfide) groups is 1. The van der Waals surface area contributed by atoms with E-state index in [0.717, 1.165) is 61.1 Å². The predicted molar refractivity (Wildman–Crippen MR) is 148 cm³/mol. The molecule has 3 aromatic carbocycles. The van der Waals surface area contributed by atoms with E-state index in [2.05, 4.69) is 16.0 Å². The average Bonchev–Trinajstić information content (AvgIpc) is 3.63. The van der Waals surface area contributed by atoms with Crippen LogP contribution in [-0.4, -0.2) is 17.8 Å². The minimum Gasteiger partial charge on any atom is -0.335 e. The second-order valence-electron chi connectivity index (χ2n) is 10.2. The predicted octanol–water partition coefficient (Wildman–Crippen LogP) is 8.05. The number of carbonyl (C=O) groups excluding carboxylic acids is 1. The SMILES string of the molecule is O=C(NC1CCCC1)NC(Cc1ccccc1)(c1ccc(C2=CSCC2)cc1)c1cc(F)cc(C(F)(F)F)c1. The summed E-state index contributed by atoms with van der Waals surface area (Å²) in [4.78, 5) is 13.4. The van der Waals surface area contributed by atoms with Gasteiger partial charge in [0.1, 0.15) is 5.82 Å². The van der Waals surface area contributed by atoms with Crippen molar-refractivity contribution in [1.29, 1.82) is 0 Å². The number of hydrogen-bond acceptors (Lipinski definition) is 2. The zero-order valence-electron chi connectivity index (χ0n) is 21.4. The Kier molecular flexibility index (Phi) is 8.03. The topological polar surface area (TPSA) is 41.1 Å². The van der Waals surface area contributed by atoms with Crippen molar-refractivity contribution >= 4 is 23.4 Å². The molecule has 2 amide bonds. The number of benzene rings is 3. The van der Waals surface area contributed by atoms with Crippen molar-refractivity contribution in [2.24, 2.45) is 0 Å². The Morgan fingerprint density at radius 3 is 2.23 bits per heavy atom. The smallest absolute Gasteiger partial charge is 0.335 e. The molecule has 2 N–H and O–H groups in total. The Morgan fingerprint density at radius 1 is 0.897 bits per heavy atom. The van der Waals surface area contributed by atoms with Crippen LogP contribution in [0.25, 0.3) is 5.57 Å². The zero-order chi connectivity index (χ0) is 27.5. The summed E-state index contributed by atoms with van der Waals surface area (Å²) >= 11 is 1.74. The van der Waals surface area contributed by atoms with Crippen molar-refractivity contribution < 1.29 is 22.4 Å². The summed E-state index contributed by atoms with van der Waals surface area (Å²) in [5.74, 6) is -0.0124. The molecule has 2 aliphatic rings. The monoisotopic (exact) mass is 554 g/mol. The molecule has 0 aromatic heterocycles. The minimum atomic E-state index is -4.75. The summed E-state index contributed by atoms with van der Waals surface area (Å²) in [5, 5.41) is 8.14. The highest BCUT2D eigenvalue weighted by atomic mass is 32.2. The first-order chi connectivity index (χ1) is 18.7. The van der Waals surface area contributed by atoms with Crippen molar-refractivity contribution in [3.8, 4) is 0 Å². The van der Waals surface area contributed by atoms with Crippen molar-refractivity contribution in [3.05, 3.63) is 112 Å². The molecule has 1 heterocycles. The maximum atomic E-state index is 14.8. The number of alkyl halides is 3. The maximum Gasteiger partial charge on any atom is 0.416 e. The van der Waals surface area contributed by atoms with E-state index in [0.29, 0.717) is 11.6 Å². The largest absolute Gasteiger partial charge is 0.416 e. The molecule has 1 aliphatic heterocycles. The Balaban J connectivity index is 1.66. The second kappa shape index (κ2) is 11.5. The molecule has 39 heavy (non-hydrogen) atoms. The van der Waals surface area contributed by atoms with E-state index in [1.807, 2.05) is 54.6 Å². The molecule has 3 nitrogen and oxygen atoms in total. The van der Waals surface area contributed by atoms with Gasteiger partial charge in [-0.3, -0.25) is 0 Å². The molecule has 1 fully saturated rings. The van der Waals surface area contributed by atoms with Crippen LogP contribution in [0.4, 0.5) is 22.4 Å². The molecule has 8 heteroatoms. The highest BCUT2D eigenvalue weighted by Gasteiger charge is 2.40. The first kappa shape index (κ1) is 27.3. The molecule has 0 radical (unpaired) electrons. The van der Waals surface area contributed by atoms with Gasteiger partial charge >= 0.3 is 12.2 Å². The van der Waals surface area contributed by atoms with Crippen LogP contribution in [0.1, 0.15) is 59.9 Å². The van der Waals surface area contributed by atoms with Crippen LogP contribution in [-0.2, 0) is 18.1 Å². The Bertz CT molecular complexity index is 1330. The number of halogens is 4. The summed E-state index contributed by atoms with van der Waals surface area (Å²) in [5.41, 5.74) is 1.03. The average molecular weight is 555 g/mol. The van der Waals surface area contributed by atoms with Gasteiger partial charge in [0.15, 0.2) is 0 Å². The minimum absolute atomic E-state index is 0.00755. The number of allylic oxidation sites excluding steroid dienone is 1. The van der Waals surface area contributed by atoms with Crippen molar-refractivity contribution in [2.75, 3.05) is 5.75 Å². The van der Waals surface area contributed by atoms with Gasteiger partial charge < -0.3 is 10.6 Å². The van der Waals surface area contributed by atoms with E-state index in [9.17, 15) is 22.4 Å². The molecule has 1 aliphatic carbocycles. The molecule has 204 valence electrons. The fourth-order valence-electron chi connectivity index (χ4n) is 5.52. The van der Waals surface area contributed by atoms with E-state index in [4.69, 9.17) is 0 Å². The number of rotatable bonds is 7. The van der Waals surface area contributed by atoms with Gasteiger partial charge in [0, 0.05) is 18.2 Å². The zero-order valence-corrected chi connectivity index (χ0v) is 22.2. The first-order valence-corrected chi connectivity index (χ1v) is 14.2. The van der Waals surface area contributed by atoms with Gasteiger partial charge in [0.2, 0.25) is 0 Å². The van der Waals surface area contributed by atoms with Crippen LogP contribution in [0.2, 0.25) is 0 Å². The van der Waals surface area contributed by atoms with Crippen LogP contribution >= 0.6 is 11.8 Å². The molecule has 0 spiro atoms. The normalized spacial score (nSPS) is 17.5. The van der Waals surface area contributed by atoms with Gasteiger partial charge in [-0.15, -0.1) is 11.8 Å². The lowest BCUT2D eigenvalue weighted by Gasteiger charge is -2.37. The summed E-state index contributed by atoms with van der Waals surface area (Å²) < 4.78 is 56.4. The maximum absolute atomic E-state index is 14.8. The molecule has 5 rings (SSSR count). The number of hydrogen-bond donors (Lipinski definition) is 2. The highest BCUT2D eigenvalue weighted by molar-refractivity contribution is 8.02. The summed E-state index contributed by atoms with van der Waals surface area (Å²) in [7, 11) is 0. The Hall–Kier alpha value is -3.26. The molecule has 1 atom stereocenters. The van der Waals surface area contributed by atoms with Crippen molar-refractivity contribution in [1.82, 2.24) is 10.6 Å². The van der Waals surface area contributed by atoms with Gasteiger partial charge in [-0.2, -0.15) is 13.2 Å². The standard InChI is InChI=1S/C31H30F4N2OS/c32-27-17-25(16-26(18-27)31(33,34)35)30(19-21-6-2-1-3-7-21,37-29(38)36-28-8-4-5-9-28)24-12-10-22(11-13-24)23-14-15-39-20-23/h1-3,6-7,10-13,16-18,20,28H,4-5,8-9,14-15,19H2,(H2,36,37,38). The number of amides is 2. The van der Waals surface area contributed by atoms with Gasteiger partial charge in [0.05, 0.1) is 11.1 Å². The molecular weight excluding hydrogens is 524 g/mol. The van der Waals surface area contributed by atoms with Crippen molar-refractivity contribution in [3.63, 3.8) is 0 Å². The lowest BCUT2D eigenvalue weighted by molar-refractivity contribution is -0.137. The van der Waals surface area contributed by atoms with Crippen LogP contribution in [0, 0.1) is 5.82 Å². The van der Waals surface area contributed by atoms with Crippen molar-refractivity contribution in [2.45, 2.75) is 56.3 Å². The van der Waals surface area contributed by atoms with E-state index >= 15 is 0 Å². The highest BCUT2D eigenvalue weighted by Crippen LogP contribution is 2.39. The quantitative estimate of drug-likeness (QED) is 0.290. The molecular formula is C31H30F4N2OS. The lowest BCUT2D eigenvalue weighted by Crippen LogP contribution is -2.53. The third-order valence-electron chi connectivity index (χ3n) is 7.51. The summed E-state index contributed by atoms with van der Waals surface area (Å²) in [6.45, 7) is 0. The van der Waals surface area contributed by atoms with Crippen LogP contribution in [0.5, 0.6) is 0 Å². The van der Waals surface area contributed by atoms with Gasteiger partial charge in [-0.25, -0.2) is 9.18 Å². The first-order valence-electron chi connectivity index (χ1n) is 13.2. The fourth-order valence-corrected chi connectivity index (χ4v) is 6.43. The molecule has 0 bridgehead atoms. The Morgan fingerprint density at radius 2 is 1.59 bits per heavy atom. The summed E-state index contributed by atoms with van der Waals surface area (Å²) in [6, 6.07) is 18.8. The fraction of sp³-hybridized carbons (Fsp3) is 0.323. The van der Waals surface area contributed by atoms with Gasteiger partial charge in [0.25, 0.3) is 0 Å². The third kappa shape index (κ3) is 6.32. The molecule has 1 unspecified atom stereocenters. The number of carbonyl (C=O) groups is 1. The van der Waals surface area contributed by atoms with Crippen LogP contribution in [0.15, 0.2) is 78.2 Å². The lowest BCUT2D eigenvalue weighted by atomic mass is 9.77. The van der Waals surface area contributed by atoms with Crippen LogP contribution in [0.3, 0.4) is 0 Å². The number of urea groups is 1. The summed E-state index contributed by atoms with van der Waals surface area (Å²) in [6.07, 6.45) is 0.0177. The van der Waals surface area contributed by atoms with E-state index in [1.54, 1.807) is 11.8 Å². The Labute approximate surface area is 230 Å². The second-order valence-corrected chi connectivity index (χ2v) is 11.2. The molecule has 1 saturated carbocycles. The number of nitrogens with one attached hydrogen (secondary N) is 2. The molecule has 3 aromatic rings. The van der Waals surface area contributed by atoms with Gasteiger partial charge in [-0.1, -0.05) is 67.4 Å². The third-order valence-corrected chi connectivity index (χ3v) is 8.40.